The van der Waals surface area contributed by atoms with Crippen molar-refractivity contribution in [3.63, 3.8) is 0 Å². The van der Waals surface area contributed by atoms with Crippen LogP contribution in [0, 0.1) is 0 Å². The average molecular weight is 161 g/mol. The molecule has 0 aliphatic heterocycles. The molecule has 0 aromatic carbocycles. The molecule has 0 bridgehead atoms. The van der Waals surface area contributed by atoms with Crippen LogP contribution in [0.5, 0.6) is 0 Å². The summed E-state index contributed by atoms with van der Waals surface area (Å²) in [6, 6.07) is 0. The Bertz CT molecular complexity index is 155. The monoisotopic (exact) mass is 160 g/mol. The lowest BCUT2D eigenvalue weighted by Gasteiger charge is -2.11. The summed E-state index contributed by atoms with van der Waals surface area (Å²) < 4.78 is 1.78. The fraction of sp³-hybridized carbons (Fsp3) is 0.571. The van der Waals surface area contributed by atoms with Gasteiger partial charge in [-0.1, -0.05) is 0 Å². The maximum Gasteiger partial charge on any atom is 0.115 e. The molecule has 0 atom stereocenters. The van der Waals surface area contributed by atoms with E-state index in [4.69, 9.17) is 11.6 Å². The second-order valence-electron chi connectivity index (χ2n) is 2.45. The topological polar surface area (TPSA) is 6.25 Å². The molecule has 0 fully saturated rings. The molecular weight excluding hydrogens is 148 g/mol. The molecule has 0 saturated carbocycles. The number of hydrogen-bond donors (Lipinski definition) is 0. The van der Waals surface area contributed by atoms with Crippen molar-refractivity contribution < 1.29 is 4.58 Å². The first-order chi connectivity index (χ1) is 4.52. The maximum atomic E-state index is 5.74. The molecule has 0 spiro atoms. The molecule has 2 nitrogen and oxygen atoms in total. The van der Waals surface area contributed by atoms with Crippen molar-refractivity contribution in [2.24, 2.45) is 0 Å². The van der Waals surface area contributed by atoms with E-state index in [9.17, 15) is 0 Å². The Kier molecular flexibility index (Phi) is 4.12. The van der Waals surface area contributed by atoms with Crippen LogP contribution in [-0.4, -0.2) is 43.9 Å². The minimum atomic E-state index is 0.606. The fourth-order valence-corrected chi connectivity index (χ4v) is 0.833. The Morgan fingerprint density at radius 3 is 2.30 bits per heavy atom. The van der Waals surface area contributed by atoms with E-state index in [0.717, 1.165) is 0 Å². The lowest BCUT2D eigenvalue weighted by atomic mass is 10.6. The van der Waals surface area contributed by atoms with Crippen molar-refractivity contribution in [2.75, 3.05) is 28.2 Å². The predicted octanol–water partition coefficient (Wildman–Crippen LogP) is 0.848. The van der Waals surface area contributed by atoms with E-state index in [-0.39, 0.29) is 0 Å². The molecule has 0 aromatic heterocycles. The first-order valence-electron chi connectivity index (χ1n) is 3.00. The summed E-state index contributed by atoms with van der Waals surface area (Å²) >= 11 is 5.74. The summed E-state index contributed by atoms with van der Waals surface area (Å²) in [6.45, 7) is 0. The molecule has 10 heavy (non-hydrogen) atoms. The number of halogens is 1. The van der Waals surface area contributed by atoms with Gasteiger partial charge in [0.1, 0.15) is 14.1 Å². The SMILES string of the molecule is CN(C)/C=C(\Cl)[C-]=[N+](C)C. The minimum absolute atomic E-state index is 0.606. The van der Waals surface area contributed by atoms with E-state index in [2.05, 4.69) is 6.21 Å². The van der Waals surface area contributed by atoms with Gasteiger partial charge in [0.2, 0.25) is 0 Å². The molecule has 0 amide bonds. The first kappa shape index (κ1) is 9.50. The second kappa shape index (κ2) is 4.34. The Hall–Kier alpha value is -0.500. The zero-order valence-electron chi connectivity index (χ0n) is 6.85. The average Bonchev–Trinajstić information content (AvgIpc) is 1.58. The highest BCUT2D eigenvalue weighted by molar-refractivity contribution is 6.38. The first-order valence-corrected chi connectivity index (χ1v) is 3.38. The molecule has 58 valence electrons. The summed E-state index contributed by atoms with van der Waals surface area (Å²) in [4.78, 5) is 1.87. The van der Waals surface area contributed by atoms with Crippen molar-refractivity contribution in [1.29, 1.82) is 0 Å². The third-order valence-corrected chi connectivity index (χ3v) is 0.884. The summed E-state index contributed by atoms with van der Waals surface area (Å²) in [5.74, 6) is 0. The van der Waals surface area contributed by atoms with Gasteiger partial charge in [0.15, 0.2) is 0 Å². The number of nitrogens with zero attached hydrogens (tertiary/aromatic N) is 2. The Morgan fingerprint density at radius 1 is 1.50 bits per heavy atom. The zero-order valence-corrected chi connectivity index (χ0v) is 7.61. The number of allylic oxidation sites excluding steroid dienone is 1. The van der Waals surface area contributed by atoms with Crippen LogP contribution in [0.2, 0.25) is 0 Å². The van der Waals surface area contributed by atoms with Crippen molar-refractivity contribution in [3.8, 4) is 0 Å². The van der Waals surface area contributed by atoms with E-state index in [1.807, 2.05) is 33.1 Å². The highest BCUT2D eigenvalue weighted by Gasteiger charge is 1.80. The molecule has 0 aliphatic carbocycles. The van der Waals surface area contributed by atoms with Gasteiger partial charge in [-0.05, 0) is 19.1 Å². The standard InChI is InChI=1S/C7H13ClN2/c1-9(2)5-7(8)6-10(3)4/h5H,1-4H3/b7-5-. The van der Waals surface area contributed by atoms with Gasteiger partial charge in [0, 0.05) is 0 Å². The highest BCUT2D eigenvalue weighted by atomic mass is 35.5. The molecule has 0 aromatic rings. The van der Waals surface area contributed by atoms with E-state index >= 15 is 0 Å². The zero-order chi connectivity index (χ0) is 8.15. The Morgan fingerprint density at radius 2 is 2.00 bits per heavy atom. The quantitative estimate of drug-likeness (QED) is 0.330. The Balaban J connectivity index is 4.08. The van der Waals surface area contributed by atoms with Crippen LogP contribution in [-0.2, 0) is 0 Å². The Labute approximate surface area is 67.4 Å². The lowest BCUT2D eigenvalue weighted by Crippen LogP contribution is -2.04. The lowest BCUT2D eigenvalue weighted by molar-refractivity contribution is -0.458. The van der Waals surface area contributed by atoms with Crippen molar-refractivity contribution >= 4 is 17.8 Å². The third-order valence-electron chi connectivity index (χ3n) is 0.702. The van der Waals surface area contributed by atoms with E-state index in [1.165, 1.54) is 0 Å². The van der Waals surface area contributed by atoms with Crippen LogP contribution in [0.1, 0.15) is 0 Å². The van der Waals surface area contributed by atoms with Gasteiger partial charge in [-0.2, -0.15) is 0 Å². The molecule has 0 heterocycles. The van der Waals surface area contributed by atoms with Gasteiger partial charge in [-0.3, -0.25) is 0 Å². The van der Waals surface area contributed by atoms with E-state index in [0.29, 0.717) is 5.03 Å². The van der Waals surface area contributed by atoms with Crippen LogP contribution in [0.15, 0.2) is 11.2 Å². The smallest absolute Gasteiger partial charge is 0.115 e. The fourth-order valence-electron chi connectivity index (χ4n) is 0.469. The molecule has 0 unspecified atom stereocenters. The second-order valence-corrected chi connectivity index (χ2v) is 2.85. The van der Waals surface area contributed by atoms with Gasteiger partial charge in [0.05, 0.1) is 6.21 Å². The van der Waals surface area contributed by atoms with Crippen molar-refractivity contribution in [3.05, 3.63) is 11.2 Å². The van der Waals surface area contributed by atoms with Crippen molar-refractivity contribution in [1.82, 2.24) is 4.90 Å². The van der Waals surface area contributed by atoms with Crippen molar-refractivity contribution in [2.45, 2.75) is 0 Å². The molecule has 0 saturated heterocycles. The molecular formula is C7H13ClN2. The van der Waals surface area contributed by atoms with Gasteiger partial charge < -0.3 is 9.48 Å². The summed E-state index contributed by atoms with van der Waals surface area (Å²) in [7, 11) is 7.59. The summed E-state index contributed by atoms with van der Waals surface area (Å²) in [6.07, 6.45) is 4.69. The van der Waals surface area contributed by atoms with Gasteiger partial charge in [0.25, 0.3) is 0 Å². The van der Waals surface area contributed by atoms with Crippen LogP contribution >= 0.6 is 11.6 Å². The predicted molar refractivity (Wildman–Crippen MR) is 44.7 cm³/mol. The normalized spacial score (nSPS) is 11.1. The molecule has 0 radical (unpaired) electrons. The maximum absolute atomic E-state index is 5.74. The minimum Gasteiger partial charge on any atom is -0.458 e. The largest absolute Gasteiger partial charge is 0.458 e. The number of hydrogen-bond acceptors (Lipinski definition) is 1. The molecule has 0 aliphatic rings. The molecule has 0 rings (SSSR count). The van der Waals surface area contributed by atoms with Crippen LogP contribution in [0.25, 0.3) is 0 Å². The molecule has 3 heteroatoms. The highest BCUT2D eigenvalue weighted by Crippen LogP contribution is 1.96. The van der Waals surface area contributed by atoms with Gasteiger partial charge in [-0.15, -0.1) is 17.8 Å². The number of rotatable bonds is 2. The van der Waals surface area contributed by atoms with Crippen LogP contribution < -0.4 is 0 Å². The summed E-state index contributed by atoms with van der Waals surface area (Å²) in [5.41, 5.74) is 0. The van der Waals surface area contributed by atoms with Crippen LogP contribution in [0.3, 0.4) is 0 Å². The van der Waals surface area contributed by atoms with E-state index in [1.54, 1.807) is 10.8 Å². The third kappa shape index (κ3) is 5.63. The summed E-state index contributed by atoms with van der Waals surface area (Å²) in [5, 5.41) is 0.606. The van der Waals surface area contributed by atoms with Gasteiger partial charge in [-0.25, -0.2) is 0 Å². The molecule has 0 N–H and O–H groups in total. The van der Waals surface area contributed by atoms with Gasteiger partial charge >= 0.3 is 0 Å². The van der Waals surface area contributed by atoms with E-state index < -0.39 is 0 Å². The van der Waals surface area contributed by atoms with Crippen LogP contribution in [0.4, 0.5) is 0 Å².